The van der Waals surface area contributed by atoms with Gasteiger partial charge in [0.1, 0.15) is 12.4 Å². The van der Waals surface area contributed by atoms with Crippen molar-refractivity contribution < 1.29 is 37.3 Å². The van der Waals surface area contributed by atoms with Gasteiger partial charge < -0.3 is 24.2 Å². The Morgan fingerprint density at radius 2 is 1.64 bits per heavy atom. The quantitative estimate of drug-likeness (QED) is 0.242. The minimum absolute atomic E-state index is 0.247. The Hall–Kier alpha value is -4.66. The van der Waals surface area contributed by atoms with Crippen molar-refractivity contribution in [2.45, 2.75) is 26.9 Å². The second-order valence-electron chi connectivity index (χ2n) is 8.75. The number of likely N-dealkylation sites (N-methyl/N-ethyl adjacent to an activating group) is 1. The molecule has 0 aliphatic carbocycles. The summed E-state index contributed by atoms with van der Waals surface area (Å²) < 4.78 is 48.3. The van der Waals surface area contributed by atoms with Gasteiger partial charge in [0, 0.05) is 18.0 Å². The topological polar surface area (TPSA) is 152 Å². The molecule has 0 spiro atoms. The summed E-state index contributed by atoms with van der Waals surface area (Å²) >= 11 is 0. The number of halogens is 3. The number of anilines is 2. The van der Waals surface area contributed by atoms with Crippen molar-refractivity contribution in [1.29, 1.82) is 0 Å². The normalized spacial score (nSPS) is 11.3. The van der Waals surface area contributed by atoms with Crippen molar-refractivity contribution in [3.63, 3.8) is 0 Å². The second-order valence-corrected chi connectivity index (χ2v) is 8.75. The third-order valence-corrected chi connectivity index (χ3v) is 6.11. The number of nitrogens with one attached hydrogen (secondary N) is 2. The van der Waals surface area contributed by atoms with Crippen LogP contribution in [-0.4, -0.2) is 82.5 Å². The summed E-state index contributed by atoms with van der Waals surface area (Å²) in [6.45, 7) is 9.43. The van der Waals surface area contributed by atoms with Gasteiger partial charge in [-0.1, -0.05) is 13.8 Å². The van der Waals surface area contributed by atoms with Crippen LogP contribution in [0.1, 0.15) is 19.5 Å². The first-order valence-electron chi connectivity index (χ1n) is 12.8. The lowest BCUT2D eigenvalue weighted by atomic mass is 10.1. The maximum Gasteiger partial charge on any atom is 0.490 e. The van der Waals surface area contributed by atoms with Gasteiger partial charge >= 0.3 is 12.1 Å². The van der Waals surface area contributed by atoms with E-state index >= 15 is 0 Å². The van der Waals surface area contributed by atoms with Crippen LogP contribution in [0.2, 0.25) is 0 Å². The largest absolute Gasteiger partial charge is 0.493 e. The molecule has 0 saturated carbocycles. The maximum absolute atomic E-state index is 12.8. The molecule has 2 aromatic carbocycles. The molecule has 4 rings (SSSR count). The molecule has 0 aliphatic rings. The summed E-state index contributed by atoms with van der Waals surface area (Å²) in [7, 11) is 3.15. The fraction of sp³-hybridized carbons (Fsp3) is 0.370. The zero-order chi connectivity index (χ0) is 31.0. The number of benzene rings is 2. The number of aryl methyl sites for hydroxylation is 1. The van der Waals surface area contributed by atoms with E-state index in [2.05, 4.69) is 44.0 Å². The summed E-state index contributed by atoms with van der Waals surface area (Å²) in [5.74, 6) is -0.401. The number of H-pyrrole nitrogens is 1. The first kappa shape index (κ1) is 31.9. The summed E-state index contributed by atoms with van der Waals surface area (Å²) in [5, 5.41) is 11.4. The van der Waals surface area contributed by atoms with E-state index in [0.29, 0.717) is 46.2 Å². The number of hydrogen-bond donors (Lipinski definition) is 3. The molecule has 2 aromatic heterocycles. The predicted molar refractivity (Wildman–Crippen MR) is 150 cm³/mol. The van der Waals surface area contributed by atoms with Crippen molar-refractivity contribution in [3.8, 4) is 17.2 Å². The number of carboxylic acid groups (broad SMARTS) is 1. The van der Waals surface area contributed by atoms with E-state index in [1.165, 1.54) is 0 Å². The van der Waals surface area contributed by atoms with Crippen LogP contribution in [0, 0.1) is 6.92 Å². The molecule has 15 heteroatoms. The molecular formula is C27H31F3N6O6. The standard InChI is InChI=1S/C25H30N6O4.C2HF3O2/c1-6-31(7-2)10-11-35-16-8-9-19-18(12-16)23(32)29-25(27-19)30-24-26-15(3)17-13-21(33-4)22(34-5)14-20(17)28-24;3-2(4,5)1(6)7/h8-9,12-14H,6-7,10-11H2,1-5H3,(H2,26,27,28,29,30,32);(H,6,7). The van der Waals surface area contributed by atoms with Crippen LogP contribution < -0.4 is 25.1 Å². The number of carboxylic acids is 1. The molecule has 0 fully saturated rings. The monoisotopic (exact) mass is 592 g/mol. The molecule has 3 N–H and O–H groups in total. The third-order valence-electron chi connectivity index (χ3n) is 6.11. The van der Waals surface area contributed by atoms with E-state index < -0.39 is 12.1 Å². The maximum atomic E-state index is 12.8. The molecule has 0 amide bonds. The van der Waals surface area contributed by atoms with Gasteiger partial charge in [0.25, 0.3) is 5.56 Å². The summed E-state index contributed by atoms with van der Waals surface area (Å²) in [6.07, 6.45) is -5.08. The van der Waals surface area contributed by atoms with Crippen molar-refractivity contribution in [1.82, 2.24) is 24.8 Å². The number of aliphatic carboxylic acids is 1. The number of carbonyl (C=O) groups is 1. The summed E-state index contributed by atoms with van der Waals surface area (Å²) in [4.78, 5) is 40.3. The van der Waals surface area contributed by atoms with Crippen molar-refractivity contribution in [2.24, 2.45) is 0 Å². The van der Waals surface area contributed by atoms with Crippen molar-refractivity contribution in [3.05, 3.63) is 46.4 Å². The van der Waals surface area contributed by atoms with E-state index in [1.807, 2.05) is 19.1 Å². The van der Waals surface area contributed by atoms with Crippen LogP contribution in [0.15, 0.2) is 35.1 Å². The van der Waals surface area contributed by atoms with E-state index in [4.69, 9.17) is 24.1 Å². The molecule has 0 unspecified atom stereocenters. The van der Waals surface area contributed by atoms with Crippen LogP contribution in [0.5, 0.6) is 17.2 Å². The number of methoxy groups -OCH3 is 2. The Morgan fingerprint density at radius 1 is 1.00 bits per heavy atom. The fourth-order valence-corrected chi connectivity index (χ4v) is 3.87. The van der Waals surface area contributed by atoms with Crippen LogP contribution in [-0.2, 0) is 4.79 Å². The first-order valence-corrected chi connectivity index (χ1v) is 12.8. The average molecular weight is 593 g/mol. The van der Waals surface area contributed by atoms with E-state index in [9.17, 15) is 18.0 Å². The Balaban J connectivity index is 0.000000616. The van der Waals surface area contributed by atoms with Gasteiger partial charge in [0.2, 0.25) is 11.9 Å². The number of ether oxygens (including phenoxy) is 3. The highest BCUT2D eigenvalue weighted by Gasteiger charge is 2.38. The lowest BCUT2D eigenvalue weighted by Gasteiger charge is -2.18. The number of fused-ring (bicyclic) bond motifs is 2. The smallest absolute Gasteiger partial charge is 0.490 e. The minimum atomic E-state index is -5.08. The summed E-state index contributed by atoms with van der Waals surface area (Å²) in [6, 6.07) is 8.92. The van der Waals surface area contributed by atoms with Crippen LogP contribution in [0.4, 0.5) is 25.1 Å². The van der Waals surface area contributed by atoms with Gasteiger partial charge in [0.15, 0.2) is 11.5 Å². The van der Waals surface area contributed by atoms with Crippen molar-refractivity contribution in [2.75, 3.05) is 45.8 Å². The fourth-order valence-electron chi connectivity index (χ4n) is 3.87. The Morgan fingerprint density at radius 3 is 2.24 bits per heavy atom. The highest BCUT2D eigenvalue weighted by Crippen LogP contribution is 2.33. The zero-order valence-electron chi connectivity index (χ0n) is 23.6. The molecule has 12 nitrogen and oxygen atoms in total. The molecule has 42 heavy (non-hydrogen) atoms. The number of hydrogen-bond acceptors (Lipinski definition) is 10. The van der Waals surface area contributed by atoms with E-state index in [1.54, 1.807) is 32.4 Å². The number of nitrogens with zero attached hydrogens (tertiary/aromatic N) is 4. The van der Waals surface area contributed by atoms with Gasteiger partial charge in [-0.05, 0) is 44.3 Å². The molecule has 2 heterocycles. The zero-order valence-corrected chi connectivity index (χ0v) is 23.6. The van der Waals surface area contributed by atoms with E-state index in [0.717, 1.165) is 30.7 Å². The highest BCUT2D eigenvalue weighted by molar-refractivity contribution is 5.86. The molecule has 4 aromatic rings. The van der Waals surface area contributed by atoms with Gasteiger partial charge in [-0.2, -0.15) is 13.2 Å². The number of rotatable bonds is 10. The molecular weight excluding hydrogens is 561 g/mol. The van der Waals surface area contributed by atoms with Crippen molar-refractivity contribution >= 4 is 39.7 Å². The van der Waals surface area contributed by atoms with Gasteiger partial charge in [-0.25, -0.2) is 19.7 Å². The molecule has 226 valence electrons. The Bertz CT molecular complexity index is 1610. The van der Waals surface area contributed by atoms with Crippen LogP contribution in [0.3, 0.4) is 0 Å². The molecule has 0 aliphatic heterocycles. The lowest BCUT2D eigenvalue weighted by Crippen LogP contribution is -2.27. The molecule has 0 saturated heterocycles. The third kappa shape index (κ3) is 7.96. The number of alkyl halides is 3. The first-order chi connectivity index (χ1) is 19.9. The van der Waals surface area contributed by atoms with Crippen LogP contribution >= 0.6 is 0 Å². The lowest BCUT2D eigenvalue weighted by molar-refractivity contribution is -0.192. The molecule has 0 radical (unpaired) electrons. The van der Waals surface area contributed by atoms with Gasteiger partial charge in [-0.3, -0.25) is 15.1 Å². The molecule has 0 atom stereocenters. The van der Waals surface area contributed by atoms with E-state index in [-0.39, 0.29) is 11.5 Å². The SMILES string of the molecule is CCN(CC)CCOc1ccc2nc(Nc3nc(C)c4cc(OC)c(OC)cc4n3)[nH]c(=O)c2c1.O=C(O)C(F)(F)F. The Kier molecular flexibility index (Phi) is 10.5. The summed E-state index contributed by atoms with van der Waals surface area (Å²) in [5.41, 5.74) is 1.67. The van der Waals surface area contributed by atoms with Crippen LogP contribution in [0.25, 0.3) is 21.8 Å². The van der Waals surface area contributed by atoms with Gasteiger partial charge in [0.05, 0.1) is 36.3 Å². The molecule has 0 bridgehead atoms. The highest BCUT2D eigenvalue weighted by atomic mass is 19.4. The average Bonchev–Trinajstić information content (AvgIpc) is 2.94. The second kappa shape index (κ2) is 13.8. The van der Waals surface area contributed by atoms with Gasteiger partial charge in [-0.15, -0.1) is 0 Å². The predicted octanol–water partition coefficient (Wildman–Crippen LogP) is 4.29. The minimum Gasteiger partial charge on any atom is -0.493 e. The number of aromatic nitrogens is 4. The number of aromatic amines is 1. The Labute approximate surface area is 238 Å².